The Bertz CT molecular complexity index is 3550. The van der Waals surface area contributed by atoms with Gasteiger partial charge < -0.3 is 18.9 Å². The van der Waals surface area contributed by atoms with Gasteiger partial charge in [-0.05, 0) is 166 Å². The molecule has 74 heavy (non-hydrogen) atoms. The predicted molar refractivity (Wildman–Crippen MR) is 282 cm³/mol. The molecule has 0 heterocycles. The summed E-state index contributed by atoms with van der Waals surface area (Å²) in [5.74, 6) is 3.00. The Morgan fingerprint density at radius 2 is 0.703 bits per heavy atom. The number of methoxy groups -OCH3 is 2. The molecule has 1 N–H and O–H groups in total. The lowest BCUT2D eigenvalue weighted by molar-refractivity contribution is 0.414. The van der Waals surface area contributed by atoms with E-state index in [9.17, 15) is 29.8 Å². The van der Waals surface area contributed by atoms with E-state index in [2.05, 4.69) is 43.3 Å². The summed E-state index contributed by atoms with van der Waals surface area (Å²) in [4.78, 5) is -0.421. The zero-order valence-electron chi connectivity index (χ0n) is 41.2. The maximum Gasteiger partial charge on any atom is 0.425 e. The summed E-state index contributed by atoms with van der Waals surface area (Å²) in [7, 11) is -12.1. The van der Waals surface area contributed by atoms with E-state index in [1.165, 1.54) is 60.2 Å². The van der Waals surface area contributed by atoms with Crippen molar-refractivity contribution in [3.63, 3.8) is 0 Å². The lowest BCUT2D eigenvalue weighted by atomic mass is 10.0. The lowest BCUT2D eigenvalue weighted by Crippen LogP contribution is -2.06. The third kappa shape index (κ3) is 17.0. The van der Waals surface area contributed by atoms with Crippen LogP contribution in [0.5, 0.6) is 34.5 Å². The van der Waals surface area contributed by atoms with Crippen molar-refractivity contribution in [1.82, 2.24) is 0 Å². The maximum atomic E-state index is 12.8. The molecule has 8 aromatic carbocycles. The first-order valence-electron chi connectivity index (χ1n) is 22.5. The summed E-state index contributed by atoms with van der Waals surface area (Å²) in [6, 6.07) is 53.8. The molecule has 8 aromatic rings. The molecule has 0 unspecified atom stereocenters. The van der Waals surface area contributed by atoms with Gasteiger partial charge in [0.2, 0.25) is 19.7 Å². The minimum absolute atomic E-state index is 0.0215. The highest BCUT2D eigenvalue weighted by molar-refractivity contribution is 7.92. The van der Waals surface area contributed by atoms with Crippen LogP contribution in [0.3, 0.4) is 0 Å². The van der Waals surface area contributed by atoms with E-state index >= 15 is 0 Å². The highest BCUT2D eigenvalue weighted by Crippen LogP contribution is 2.33. The summed E-state index contributed by atoms with van der Waals surface area (Å²) in [5.41, 5.74) is 7.07. The molecule has 386 valence electrons. The van der Waals surface area contributed by atoms with Crippen molar-refractivity contribution < 1.29 is 61.4 Å². The molecular weight excluding hydrogens is 1020 g/mol. The fourth-order valence-corrected chi connectivity index (χ4v) is 9.98. The van der Waals surface area contributed by atoms with Crippen molar-refractivity contribution in [1.29, 1.82) is 0 Å². The van der Waals surface area contributed by atoms with E-state index in [0.29, 0.717) is 23.0 Å². The molecule has 0 amide bonds. The first-order valence-corrected chi connectivity index (χ1v) is 27.9. The van der Waals surface area contributed by atoms with E-state index in [4.69, 9.17) is 31.6 Å². The topological polar surface area (TPSA) is 211 Å². The Morgan fingerprint density at radius 3 is 1.12 bits per heavy atom. The number of hydrogen-bond acceptors (Lipinski definition) is 13. The molecular formula is C56H54O14S4. The lowest BCUT2D eigenvalue weighted by Gasteiger charge is -2.12. The highest BCUT2D eigenvalue weighted by Gasteiger charge is 2.25. The number of aryl methyl sites for hydroxylation is 4. The molecule has 0 radical (unpaired) electrons. The van der Waals surface area contributed by atoms with Gasteiger partial charge in [0.05, 0.1) is 33.8 Å². The Morgan fingerprint density at radius 1 is 0.405 bits per heavy atom. The first-order chi connectivity index (χ1) is 35.1. The monoisotopic (exact) mass is 1080 g/mol. The van der Waals surface area contributed by atoms with Gasteiger partial charge in [0.1, 0.15) is 39.4 Å². The van der Waals surface area contributed by atoms with Crippen LogP contribution in [0.15, 0.2) is 213 Å². The van der Waals surface area contributed by atoms with Gasteiger partial charge in [-0.25, -0.2) is 16.8 Å². The summed E-state index contributed by atoms with van der Waals surface area (Å²) in [6.45, 7) is 7.94. The average molecular weight is 1080 g/mol. The second-order valence-corrected chi connectivity index (χ2v) is 22.0. The van der Waals surface area contributed by atoms with Crippen LogP contribution < -0.4 is 18.9 Å². The second kappa shape index (κ2) is 26.4. The van der Waals surface area contributed by atoms with E-state index in [-0.39, 0.29) is 25.3 Å². The van der Waals surface area contributed by atoms with Gasteiger partial charge in [-0.2, -0.15) is 8.42 Å². The van der Waals surface area contributed by atoms with Crippen molar-refractivity contribution in [2.24, 2.45) is 0 Å². The number of ether oxygens (including phenoxy) is 4. The fourth-order valence-electron chi connectivity index (χ4n) is 6.72. The third-order valence-electron chi connectivity index (χ3n) is 10.8. The minimum Gasteiger partial charge on any atom is -0.497 e. The van der Waals surface area contributed by atoms with Gasteiger partial charge in [0.25, 0.3) is 10.1 Å². The summed E-state index contributed by atoms with van der Waals surface area (Å²) >= 11 is 0. The quantitative estimate of drug-likeness (QED) is 0.100. The van der Waals surface area contributed by atoms with E-state index in [0.717, 1.165) is 41.3 Å². The van der Waals surface area contributed by atoms with Gasteiger partial charge in [0, 0.05) is 0 Å². The van der Waals surface area contributed by atoms with Crippen molar-refractivity contribution >= 4 is 40.4 Å². The molecule has 18 heteroatoms. The molecule has 0 saturated carbocycles. The first kappa shape index (κ1) is 57.3. The van der Waals surface area contributed by atoms with E-state index in [1.54, 1.807) is 67.8 Å². The number of rotatable bonds is 14. The largest absolute Gasteiger partial charge is 0.497 e. The van der Waals surface area contributed by atoms with Gasteiger partial charge >= 0.3 is 10.6 Å². The predicted octanol–water partition coefficient (Wildman–Crippen LogP) is 11.6. The van der Waals surface area contributed by atoms with Crippen LogP contribution in [0, 0.1) is 20.8 Å². The molecule has 0 fully saturated rings. The Kier molecular flexibility index (Phi) is 20.4. The van der Waals surface area contributed by atoms with Gasteiger partial charge in [-0.15, -0.1) is 12.6 Å². The molecule has 8 rings (SSSR count). The summed E-state index contributed by atoms with van der Waals surface area (Å²) in [5, 5.41) is 0. The van der Waals surface area contributed by atoms with Crippen LogP contribution in [-0.2, 0) is 53.2 Å². The van der Waals surface area contributed by atoms with E-state index < -0.39 is 45.3 Å². The Hall–Kier alpha value is -7.61. The smallest absolute Gasteiger partial charge is 0.425 e. The summed E-state index contributed by atoms with van der Waals surface area (Å²) in [6.07, 6.45) is 1.81. The maximum absolute atomic E-state index is 12.8. The van der Waals surface area contributed by atoms with Gasteiger partial charge in [0.15, 0.2) is 0 Å². The fraction of sp³-hybridized carbons (Fsp3) is 0.143. The van der Waals surface area contributed by atoms with Gasteiger partial charge in [-0.3, -0.25) is 4.55 Å². The van der Waals surface area contributed by atoms with Crippen molar-refractivity contribution in [2.75, 3.05) is 14.2 Å². The van der Waals surface area contributed by atoms with Crippen molar-refractivity contribution in [3.8, 4) is 34.5 Å². The molecule has 0 bridgehead atoms. The molecule has 0 atom stereocenters. The summed E-state index contributed by atoms with van der Waals surface area (Å²) < 4.78 is 131. The Balaban J connectivity index is 0.000000205. The van der Waals surface area contributed by atoms with Crippen LogP contribution in [-0.4, -0.2) is 56.7 Å². The van der Waals surface area contributed by atoms with Crippen LogP contribution in [0.1, 0.15) is 40.3 Å². The highest BCUT2D eigenvalue weighted by atomic mass is 32.2. The third-order valence-corrected chi connectivity index (χ3v) is 15.3. The second-order valence-electron chi connectivity index (χ2n) is 16.3. The Labute approximate surface area is 434 Å². The number of benzene rings is 8. The zero-order chi connectivity index (χ0) is 54.1. The van der Waals surface area contributed by atoms with Crippen LogP contribution in [0.4, 0.5) is 0 Å². The van der Waals surface area contributed by atoms with Crippen molar-refractivity contribution in [3.05, 3.63) is 221 Å². The average Bonchev–Trinajstić information content (AvgIpc) is 3.38. The molecule has 0 saturated heterocycles. The minimum atomic E-state index is -4.73. The molecule has 0 spiro atoms. The van der Waals surface area contributed by atoms with Crippen LogP contribution in [0.25, 0.3) is 0 Å². The molecule has 0 aliphatic heterocycles. The number of sulfone groups is 2. The number of hydrogen-bond donors (Lipinski definition) is 1. The molecule has 14 nitrogen and oxygen atoms in total. The van der Waals surface area contributed by atoms with Crippen LogP contribution in [0.2, 0.25) is 0 Å². The zero-order valence-corrected chi connectivity index (χ0v) is 44.5. The molecule has 0 aliphatic rings. The standard InChI is InChI=1S/C21H20O6S2.C20H18O4S.C15H16O.O3S/c1-3-16-6-8-17(9-7-16)27-20-13-12-19(14-21(20)29(24,25)26)28(22,23)18-10-4-15(2)5-11-18;1-15-3-5-17(6-4-15)24-18-9-13-20(14-10-18)25(21,22)19-11-7-16(23-2)8-12-19;1-12-3-5-13(6-4-12)11-14-7-9-15(16-2)10-8-14;1-4(2)3/h4-14H,3H2,1-2H3,(H,24,25,26);3-14H,1-2H3;3-10H,11H2,1-2H3;. The van der Waals surface area contributed by atoms with Crippen LogP contribution >= 0.6 is 0 Å². The van der Waals surface area contributed by atoms with Gasteiger partial charge in [-0.1, -0.05) is 96.4 Å². The molecule has 0 aliphatic carbocycles. The normalized spacial score (nSPS) is 11.0. The molecule has 0 aromatic heterocycles. The van der Waals surface area contributed by atoms with Crippen molar-refractivity contribution in [2.45, 2.75) is 65.0 Å². The van der Waals surface area contributed by atoms with E-state index in [1.807, 2.05) is 69.3 Å². The SMILES string of the molecule is CCc1ccc(Oc2ccc(S(=O)(=O)c3ccc(C)cc3)cc2S(=O)(=O)O)cc1.COc1ccc(Cc2ccc(C)cc2)cc1.COc1ccc(S(=O)(=O)c2ccc(Oc3ccc(C)cc3)cc2)cc1.O=S(=O)=O.